The van der Waals surface area contributed by atoms with Crippen molar-refractivity contribution in [2.45, 2.75) is 24.7 Å². The Morgan fingerprint density at radius 2 is 1.91 bits per heavy atom. The second kappa shape index (κ2) is 3.17. The van der Waals surface area contributed by atoms with E-state index in [1.54, 1.807) is 0 Å². The summed E-state index contributed by atoms with van der Waals surface area (Å²) in [6, 6.07) is 0. The van der Waals surface area contributed by atoms with Crippen LogP contribution in [0.5, 0.6) is 0 Å². The van der Waals surface area contributed by atoms with Crippen molar-refractivity contribution in [1.82, 2.24) is 0 Å². The molecule has 11 heavy (non-hydrogen) atoms. The molecule has 1 heterocycles. The second-order valence-electron chi connectivity index (χ2n) is 2.52. The van der Waals surface area contributed by atoms with Crippen LogP contribution < -0.4 is 0 Å². The summed E-state index contributed by atoms with van der Waals surface area (Å²) in [7, 11) is 0. The lowest BCUT2D eigenvalue weighted by Gasteiger charge is -2.11. The van der Waals surface area contributed by atoms with Crippen LogP contribution >= 0.6 is 0 Å². The standard InChI is InChI=1S/C6H10O5/c7-3-1-4(8)6(10)11-2-5(3)9/h3-5,7-9H,1-2H2/t3-,4-,5+/m0/s1. The maximum atomic E-state index is 10.6. The van der Waals surface area contributed by atoms with Gasteiger partial charge < -0.3 is 20.1 Å². The molecule has 3 atom stereocenters. The Morgan fingerprint density at radius 3 is 2.55 bits per heavy atom. The highest BCUT2D eigenvalue weighted by atomic mass is 16.6. The van der Waals surface area contributed by atoms with Gasteiger partial charge in [-0.3, -0.25) is 0 Å². The molecule has 0 aromatic carbocycles. The van der Waals surface area contributed by atoms with Crippen molar-refractivity contribution in [2.75, 3.05) is 6.61 Å². The van der Waals surface area contributed by atoms with E-state index in [2.05, 4.69) is 4.74 Å². The molecule has 1 aliphatic heterocycles. The lowest BCUT2D eigenvalue weighted by Crippen LogP contribution is -2.29. The molecule has 0 amide bonds. The summed E-state index contributed by atoms with van der Waals surface area (Å²) >= 11 is 0. The van der Waals surface area contributed by atoms with Gasteiger partial charge in [0.1, 0.15) is 12.7 Å². The van der Waals surface area contributed by atoms with Gasteiger partial charge in [0.05, 0.1) is 6.10 Å². The lowest BCUT2D eigenvalue weighted by molar-refractivity contribution is -0.153. The van der Waals surface area contributed by atoms with Gasteiger partial charge in [-0.15, -0.1) is 0 Å². The number of esters is 1. The van der Waals surface area contributed by atoms with Gasteiger partial charge in [-0.2, -0.15) is 0 Å². The third-order valence-electron chi connectivity index (χ3n) is 1.58. The number of cyclic esters (lactones) is 1. The van der Waals surface area contributed by atoms with Gasteiger partial charge in [0.25, 0.3) is 0 Å². The molecule has 0 aliphatic carbocycles. The number of rotatable bonds is 0. The molecule has 1 rings (SSSR count). The highest BCUT2D eigenvalue weighted by molar-refractivity contribution is 5.74. The van der Waals surface area contributed by atoms with E-state index in [1.165, 1.54) is 0 Å². The van der Waals surface area contributed by atoms with Crippen molar-refractivity contribution in [1.29, 1.82) is 0 Å². The molecule has 0 aromatic heterocycles. The van der Waals surface area contributed by atoms with Crippen LogP contribution in [0.3, 0.4) is 0 Å². The van der Waals surface area contributed by atoms with E-state index in [1.807, 2.05) is 0 Å². The van der Waals surface area contributed by atoms with Gasteiger partial charge in [0.15, 0.2) is 6.10 Å². The fraction of sp³-hybridized carbons (Fsp3) is 0.833. The van der Waals surface area contributed by atoms with E-state index in [0.29, 0.717) is 0 Å². The van der Waals surface area contributed by atoms with Crippen molar-refractivity contribution in [3.8, 4) is 0 Å². The van der Waals surface area contributed by atoms with Crippen LogP contribution in [-0.2, 0) is 9.53 Å². The Bertz CT molecular complexity index is 157. The van der Waals surface area contributed by atoms with Crippen LogP contribution in [-0.4, -0.2) is 46.2 Å². The van der Waals surface area contributed by atoms with Gasteiger partial charge >= 0.3 is 5.97 Å². The minimum Gasteiger partial charge on any atom is -0.461 e. The summed E-state index contributed by atoms with van der Waals surface area (Å²) in [5.74, 6) is -0.791. The van der Waals surface area contributed by atoms with E-state index in [-0.39, 0.29) is 13.0 Å². The molecule has 64 valence electrons. The summed E-state index contributed by atoms with van der Waals surface area (Å²) in [5, 5.41) is 26.9. The molecule has 5 heteroatoms. The maximum absolute atomic E-state index is 10.6. The van der Waals surface area contributed by atoms with Gasteiger partial charge in [-0.25, -0.2) is 4.79 Å². The first-order chi connectivity index (χ1) is 5.11. The monoisotopic (exact) mass is 162 g/mol. The highest BCUT2D eigenvalue weighted by Crippen LogP contribution is 2.10. The van der Waals surface area contributed by atoms with Crippen molar-refractivity contribution < 1.29 is 24.9 Å². The smallest absolute Gasteiger partial charge is 0.335 e. The SMILES string of the molecule is O=C1OC[C@@H](O)[C@@H](O)C[C@@H]1O. The number of ether oxygens (including phenoxy) is 1. The molecule has 0 spiro atoms. The molecule has 0 aromatic rings. The van der Waals surface area contributed by atoms with Crippen molar-refractivity contribution in [3.05, 3.63) is 0 Å². The molecule has 0 saturated carbocycles. The van der Waals surface area contributed by atoms with Crippen LogP contribution in [0.4, 0.5) is 0 Å². The molecule has 5 nitrogen and oxygen atoms in total. The average Bonchev–Trinajstić information content (AvgIpc) is 2.05. The molecule has 1 saturated heterocycles. The molecule has 0 bridgehead atoms. The van der Waals surface area contributed by atoms with Gasteiger partial charge in [-0.05, 0) is 0 Å². The van der Waals surface area contributed by atoms with E-state index in [9.17, 15) is 4.79 Å². The van der Waals surface area contributed by atoms with Crippen LogP contribution in [0.1, 0.15) is 6.42 Å². The summed E-state index contributed by atoms with van der Waals surface area (Å²) < 4.78 is 4.40. The first kappa shape index (κ1) is 8.45. The molecule has 1 aliphatic rings. The largest absolute Gasteiger partial charge is 0.461 e. The zero-order valence-corrected chi connectivity index (χ0v) is 5.80. The molecule has 3 N–H and O–H groups in total. The van der Waals surface area contributed by atoms with Gasteiger partial charge in [-0.1, -0.05) is 0 Å². The first-order valence-electron chi connectivity index (χ1n) is 3.32. The quantitative estimate of drug-likeness (QED) is 0.359. The Hall–Kier alpha value is -0.650. The topological polar surface area (TPSA) is 87.0 Å². The summed E-state index contributed by atoms with van der Waals surface area (Å²) in [4.78, 5) is 10.6. The summed E-state index contributed by atoms with van der Waals surface area (Å²) in [5.41, 5.74) is 0. The fourth-order valence-electron chi connectivity index (χ4n) is 0.857. The third kappa shape index (κ3) is 1.89. The minimum absolute atomic E-state index is 0.167. The Balaban J connectivity index is 2.58. The average molecular weight is 162 g/mol. The number of carbonyl (C=O) groups is 1. The lowest BCUT2D eigenvalue weighted by atomic mass is 10.1. The predicted octanol–water partition coefficient (Wildman–Crippen LogP) is -1.98. The molecule has 0 unspecified atom stereocenters. The van der Waals surface area contributed by atoms with E-state index in [0.717, 1.165) is 0 Å². The normalized spacial score (nSPS) is 39.5. The summed E-state index contributed by atoms with van der Waals surface area (Å²) in [6.07, 6.45) is -3.66. The number of hydrogen-bond acceptors (Lipinski definition) is 5. The van der Waals surface area contributed by atoms with Crippen molar-refractivity contribution >= 4 is 5.97 Å². The molecule has 1 fully saturated rings. The number of aliphatic hydroxyl groups excluding tert-OH is 3. The number of aliphatic hydroxyl groups is 3. The predicted molar refractivity (Wildman–Crippen MR) is 33.6 cm³/mol. The first-order valence-corrected chi connectivity index (χ1v) is 3.32. The zero-order valence-electron chi connectivity index (χ0n) is 5.80. The van der Waals surface area contributed by atoms with Crippen LogP contribution in [0.15, 0.2) is 0 Å². The van der Waals surface area contributed by atoms with Gasteiger partial charge in [0.2, 0.25) is 0 Å². The van der Waals surface area contributed by atoms with Crippen molar-refractivity contribution in [3.63, 3.8) is 0 Å². The zero-order chi connectivity index (χ0) is 8.43. The van der Waals surface area contributed by atoms with E-state index >= 15 is 0 Å². The Kier molecular flexibility index (Phi) is 2.43. The molecular formula is C6H10O5. The van der Waals surface area contributed by atoms with Crippen LogP contribution in [0.25, 0.3) is 0 Å². The second-order valence-corrected chi connectivity index (χ2v) is 2.52. The minimum atomic E-state index is -1.32. The number of hydrogen-bond donors (Lipinski definition) is 3. The third-order valence-corrected chi connectivity index (χ3v) is 1.58. The van der Waals surface area contributed by atoms with E-state index < -0.39 is 24.3 Å². The summed E-state index contributed by atoms with van der Waals surface area (Å²) in [6.45, 7) is -0.253. The molecule has 0 radical (unpaired) electrons. The Morgan fingerprint density at radius 1 is 1.27 bits per heavy atom. The number of carbonyl (C=O) groups excluding carboxylic acids is 1. The molecular weight excluding hydrogens is 152 g/mol. The Labute approximate surface area is 63.2 Å². The maximum Gasteiger partial charge on any atom is 0.335 e. The highest BCUT2D eigenvalue weighted by Gasteiger charge is 2.30. The van der Waals surface area contributed by atoms with Crippen LogP contribution in [0, 0.1) is 0 Å². The fourth-order valence-corrected chi connectivity index (χ4v) is 0.857. The van der Waals surface area contributed by atoms with E-state index in [4.69, 9.17) is 15.3 Å². The van der Waals surface area contributed by atoms with Gasteiger partial charge in [0, 0.05) is 6.42 Å². The van der Waals surface area contributed by atoms with Crippen molar-refractivity contribution in [2.24, 2.45) is 0 Å². The van der Waals surface area contributed by atoms with Crippen LogP contribution in [0.2, 0.25) is 0 Å².